The van der Waals surface area contributed by atoms with Crippen molar-refractivity contribution in [1.29, 1.82) is 0 Å². The first-order chi connectivity index (χ1) is 27.0. The van der Waals surface area contributed by atoms with Crippen molar-refractivity contribution in [3.63, 3.8) is 0 Å². The molecule has 0 spiro atoms. The maximum Gasteiger partial charge on any atom is 0.255 e. The average Bonchev–Trinajstić information content (AvgIpc) is 3.79. The summed E-state index contributed by atoms with van der Waals surface area (Å²) < 4.78 is 2.02. The van der Waals surface area contributed by atoms with Crippen LogP contribution in [0.3, 0.4) is 0 Å². The van der Waals surface area contributed by atoms with Crippen LogP contribution in [0.5, 0.6) is 0 Å². The van der Waals surface area contributed by atoms with E-state index in [1.807, 2.05) is 46.8 Å². The van der Waals surface area contributed by atoms with Gasteiger partial charge in [0.25, 0.3) is 5.91 Å². The highest BCUT2D eigenvalue weighted by atomic mass is 35.5. The highest BCUT2D eigenvalue weighted by molar-refractivity contribution is 7.15. The average molecular weight is 797 g/mol. The Morgan fingerprint density at radius 1 is 1.00 bits per heavy atom. The number of nitrogens with one attached hydrogen (secondary N) is 3. The number of carbonyl (C=O) groups is 5. The molecule has 2 saturated heterocycles. The molecule has 2 aromatic heterocycles. The second-order valence-electron chi connectivity index (χ2n) is 14.4. The fourth-order valence-electron chi connectivity index (χ4n) is 7.81. The summed E-state index contributed by atoms with van der Waals surface area (Å²) in [6.45, 7) is 8.50. The molecule has 8 rings (SSSR count). The second kappa shape index (κ2) is 15.2. The van der Waals surface area contributed by atoms with E-state index in [1.54, 1.807) is 28.4 Å². The molecule has 4 aromatic rings. The number of imide groups is 1. The molecule has 2 aromatic carbocycles. The number of carbonyl (C=O) groups excluding carboxylic acids is 5. The van der Waals surface area contributed by atoms with Gasteiger partial charge in [0.05, 0.1) is 12.1 Å². The number of anilines is 1. The maximum atomic E-state index is 13.6. The third kappa shape index (κ3) is 7.08. The monoisotopic (exact) mass is 796 g/mol. The molecule has 1 unspecified atom stereocenters. The number of hydrogen-bond acceptors (Lipinski definition) is 11. The Hall–Kier alpha value is -5.45. The Bertz CT molecular complexity index is 2290. The number of aliphatic imine (C=N–C) groups is 1. The number of aryl methyl sites for hydroxylation is 2. The number of thiophene rings is 1. The Morgan fingerprint density at radius 2 is 1.77 bits per heavy atom. The highest BCUT2D eigenvalue weighted by Crippen LogP contribution is 2.40. The van der Waals surface area contributed by atoms with Crippen LogP contribution in [0, 0.1) is 20.8 Å². The van der Waals surface area contributed by atoms with E-state index in [1.165, 1.54) is 4.90 Å². The van der Waals surface area contributed by atoms with E-state index in [4.69, 9.17) is 16.6 Å². The Morgan fingerprint density at radius 3 is 2.52 bits per heavy atom. The molecule has 4 aliphatic heterocycles. The van der Waals surface area contributed by atoms with Gasteiger partial charge in [-0.05, 0) is 57.0 Å². The predicted molar refractivity (Wildman–Crippen MR) is 210 cm³/mol. The molecule has 290 valence electrons. The summed E-state index contributed by atoms with van der Waals surface area (Å²) in [4.78, 5) is 73.8. The number of hydrazine groups is 1. The zero-order chi connectivity index (χ0) is 39.2. The van der Waals surface area contributed by atoms with Gasteiger partial charge in [-0.2, -0.15) is 0 Å². The molecule has 15 nitrogen and oxygen atoms in total. The molecule has 17 heteroatoms. The maximum absolute atomic E-state index is 13.6. The lowest BCUT2D eigenvalue weighted by atomic mass is 9.99. The fourth-order valence-corrected chi connectivity index (χ4v) is 9.15. The van der Waals surface area contributed by atoms with Gasteiger partial charge in [-0.25, -0.2) is 5.01 Å². The topological polar surface area (TPSA) is 174 Å². The summed E-state index contributed by atoms with van der Waals surface area (Å²) in [6.07, 6.45) is 0.765. The van der Waals surface area contributed by atoms with E-state index in [-0.39, 0.29) is 49.4 Å². The van der Waals surface area contributed by atoms with Crippen molar-refractivity contribution in [3.8, 4) is 5.00 Å². The summed E-state index contributed by atoms with van der Waals surface area (Å²) in [5, 5.41) is 18.0. The van der Waals surface area contributed by atoms with Crippen molar-refractivity contribution in [1.82, 2.24) is 40.3 Å². The number of piperazine rings is 1. The van der Waals surface area contributed by atoms with Crippen molar-refractivity contribution in [2.75, 3.05) is 38.0 Å². The Balaban J connectivity index is 0.866. The molecule has 6 heterocycles. The molecular weight excluding hydrogens is 756 g/mol. The number of halogens is 1. The Labute approximate surface area is 332 Å². The van der Waals surface area contributed by atoms with Crippen molar-refractivity contribution in [2.45, 2.75) is 65.1 Å². The van der Waals surface area contributed by atoms with Gasteiger partial charge in [-0.15, -0.1) is 21.5 Å². The Kier molecular flexibility index (Phi) is 10.2. The second-order valence-corrected chi connectivity index (χ2v) is 16.1. The number of hydrogen-bond donors (Lipinski definition) is 3. The van der Waals surface area contributed by atoms with Gasteiger partial charge in [-0.3, -0.25) is 44.3 Å². The van der Waals surface area contributed by atoms with Crippen molar-refractivity contribution in [3.05, 3.63) is 91.8 Å². The minimum absolute atomic E-state index is 0.0208. The minimum Gasteiger partial charge on any atom is -0.384 e. The quantitative estimate of drug-likeness (QED) is 0.214. The van der Waals surface area contributed by atoms with E-state index in [2.05, 4.69) is 40.1 Å². The first-order valence-corrected chi connectivity index (χ1v) is 19.8. The van der Waals surface area contributed by atoms with E-state index < -0.39 is 18.0 Å². The van der Waals surface area contributed by atoms with E-state index >= 15 is 0 Å². The normalized spacial score (nSPS) is 19.5. The lowest BCUT2D eigenvalue weighted by molar-refractivity contribution is -0.137. The van der Waals surface area contributed by atoms with Crippen LogP contribution in [0.4, 0.5) is 5.69 Å². The molecule has 0 saturated carbocycles. The van der Waals surface area contributed by atoms with E-state index in [0.717, 1.165) is 49.4 Å². The largest absolute Gasteiger partial charge is 0.384 e. The molecule has 3 N–H and O–H groups in total. The summed E-state index contributed by atoms with van der Waals surface area (Å²) in [6, 6.07) is 11.6. The van der Waals surface area contributed by atoms with Gasteiger partial charge >= 0.3 is 0 Å². The minimum atomic E-state index is -0.696. The van der Waals surface area contributed by atoms with Crippen molar-refractivity contribution >= 4 is 63.9 Å². The number of amides is 5. The first-order valence-electron chi connectivity index (χ1n) is 18.7. The van der Waals surface area contributed by atoms with Crippen LogP contribution in [-0.2, 0) is 25.7 Å². The van der Waals surface area contributed by atoms with Gasteiger partial charge in [0.1, 0.15) is 22.9 Å². The molecule has 0 aliphatic carbocycles. The van der Waals surface area contributed by atoms with Gasteiger partial charge in [0.2, 0.25) is 23.6 Å². The van der Waals surface area contributed by atoms with Crippen LogP contribution in [0.15, 0.2) is 47.5 Å². The zero-order valence-corrected chi connectivity index (χ0v) is 32.8. The molecule has 4 aliphatic rings. The van der Waals surface area contributed by atoms with Gasteiger partial charge in [0, 0.05) is 90.0 Å². The van der Waals surface area contributed by atoms with Crippen LogP contribution in [0.1, 0.15) is 80.9 Å². The summed E-state index contributed by atoms with van der Waals surface area (Å²) >= 11 is 7.89. The lowest BCUT2D eigenvalue weighted by Crippen LogP contribution is -2.55. The molecule has 56 heavy (non-hydrogen) atoms. The van der Waals surface area contributed by atoms with Crippen molar-refractivity contribution in [2.24, 2.45) is 4.99 Å². The number of benzene rings is 2. The highest BCUT2D eigenvalue weighted by Gasteiger charge is 2.40. The van der Waals surface area contributed by atoms with Gasteiger partial charge in [-0.1, -0.05) is 29.8 Å². The summed E-state index contributed by atoms with van der Waals surface area (Å²) in [7, 11) is 0. The SMILES string of the molecule is Cc1sc2c(c1C)C(c1ccc(Cl)cc1)=N[C@@H](CC(=O)NN1CCN(C(=O)CCNc3cccc4c3CN(C3CCC(=O)NC3=O)C4=O)CC1)c1nnc(C)n1-2. The zero-order valence-electron chi connectivity index (χ0n) is 31.2. The summed E-state index contributed by atoms with van der Waals surface area (Å²) in [5.74, 6) is 0.0549. The molecule has 5 amide bonds. The van der Waals surface area contributed by atoms with Crippen LogP contribution >= 0.6 is 22.9 Å². The number of aromatic nitrogens is 3. The van der Waals surface area contributed by atoms with Crippen LogP contribution in [0.2, 0.25) is 5.02 Å². The third-order valence-corrected chi connectivity index (χ3v) is 12.3. The van der Waals surface area contributed by atoms with Gasteiger partial charge < -0.3 is 15.1 Å². The molecule has 0 bridgehead atoms. The van der Waals surface area contributed by atoms with Crippen LogP contribution < -0.4 is 16.1 Å². The first kappa shape index (κ1) is 37.5. The predicted octanol–water partition coefficient (Wildman–Crippen LogP) is 3.63. The van der Waals surface area contributed by atoms with E-state index in [9.17, 15) is 24.0 Å². The summed E-state index contributed by atoms with van der Waals surface area (Å²) in [5.41, 5.74) is 8.84. The number of nitrogens with zero attached hydrogens (tertiary/aromatic N) is 7. The standard InChI is InChI=1S/C39H41ClN10O5S/c1-21-22(2)56-39-34(21)35(24-7-9-25(40)10-8-24)42-29(36-45-44-23(3)50(36)39)19-32(52)46-48-17-15-47(16-18-48)33(53)13-14-41-28-6-4-5-26-27(28)20-49(38(26)55)30-11-12-31(51)43-37(30)54/h4-10,29-30,41H,11-20H2,1-3H3,(H,46,52)(H,43,51,54)/t29-,30?/m0/s1. The molecule has 2 atom stereocenters. The van der Waals surface area contributed by atoms with Crippen LogP contribution in [0.25, 0.3) is 5.00 Å². The lowest BCUT2D eigenvalue weighted by Gasteiger charge is -2.35. The molecule has 0 radical (unpaired) electrons. The molecular formula is C39H41ClN10O5S. The van der Waals surface area contributed by atoms with Crippen LogP contribution in [-0.4, -0.2) is 104 Å². The van der Waals surface area contributed by atoms with Gasteiger partial charge in [0.15, 0.2) is 5.82 Å². The molecule has 2 fully saturated rings. The fraction of sp³-hybridized carbons (Fsp3) is 0.385. The van der Waals surface area contributed by atoms with Crippen molar-refractivity contribution < 1.29 is 24.0 Å². The smallest absolute Gasteiger partial charge is 0.255 e. The number of fused-ring (bicyclic) bond motifs is 4. The van der Waals surface area contributed by atoms with E-state index in [0.29, 0.717) is 55.6 Å². The number of rotatable bonds is 9. The third-order valence-electron chi connectivity index (χ3n) is 10.9. The number of piperidine rings is 1.